The van der Waals surface area contributed by atoms with E-state index in [-0.39, 0.29) is 18.9 Å². The Kier molecular flexibility index (Phi) is 4.52. The summed E-state index contributed by atoms with van der Waals surface area (Å²) < 4.78 is 6.59. The number of aromatic nitrogens is 3. The number of para-hydroxylation sites is 2. The molecule has 0 spiro atoms. The van der Waals surface area contributed by atoms with E-state index < -0.39 is 5.76 Å². The number of hydrogen-bond acceptors (Lipinski definition) is 6. The summed E-state index contributed by atoms with van der Waals surface area (Å²) in [5.74, 6) is -0.665. The minimum Gasteiger partial charge on any atom is -0.408 e. The normalized spacial score (nSPS) is 11.0. The molecule has 1 aromatic carbocycles. The van der Waals surface area contributed by atoms with Gasteiger partial charge in [0.05, 0.1) is 5.52 Å². The van der Waals surface area contributed by atoms with Crippen molar-refractivity contribution in [1.29, 1.82) is 0 Å². The average Bonchev–Trinajstić information content (AvgIpc) is 3.09. The number of amides is 1. The lowest BCUT2D eigenvalue weighted by Crippen LogP contribution is -2.19. The van der Waals surface area contributed by atoms with Crippen molar-refractivity contribution in [2.45, 2.75) is 32.7 Å². The number of aryl methyl sites for hydroxylation is 2. The van der Waals surface area contributed by atoms with Crippen LogP contribution < -0.4 is 11.1 Å². The van der Waals surface area contributed by atoms with Gasteiger partial charge in [-0.2, -0.15) is 0 Å². The number of benzene rings is 1. The van der Waals surface area contributed by atoms with E-state index in [9.17, 15) is 9.59 Å². The molecule has 23 heavy (non-hydrogen) atoms. The fraction of sp³-hybridized carbons (Fsp3) is 0.333. The van der Waals surface area contributed by atoms with Gasteiger partial charge in [-0.15, -0.1) is 10.2 Å². The summed E-state index contributed by atoms with van der Waals surface area (Å²) in [5.41, 5.74) is 1.21. The van der Waals surface area contributed by atoms with Crippen LogP contribution in [-0.2, 0) is 17.8 Å². The molecule has 0 bridgehead atoms. The summed E-state index contributed by atoms with van der Waals surface area (Å²) in [7, 11) is 0. The van der Waals surface area contributed by atoms with Gasteiger partial charge >= 0.3 is 5.76 Å². The average molecular weight is 332 g/mol. The van der Waals surface area contributed by atoms with E-state index in [1.54, 1.807) is 18.2 Å². The second kappa shape index (κ2) is 6.74. The third kappa shape index (κ3) is 3.48. The highest BCUT2D eigenvalue weighted by Gasteiger charge is 2.12. The van der Waals surface area contributed by atoms with Crippen LogP contribution in [0, 0.1) is 0 Å². The van der Waals surface area contributed by atoms with Gasteiger partial charge in [-0.05, 0) is 18.6 Å². The maximum atomic E-state index is 12.0. The zero-order chi connectivity index (χ0) is 16.2. The number of rotatable bonds is 6. The van der Waals surface area contributed by atoms with E-state index in [0.717, 1.165) is 17.8 Å². The van der Waals surface area contributed by atoms with Crippen LogP contribution >= 0.6 is 11.3 Å². The third-order valence-electron chi connectivity index (χ3n) is 3.31. The van der Waals surface area contributed by atoms with E-state index in [1.165, 1.54) is 15.9 Å². The van der Waals surface area contributed by atoms with Gasteiger partial charge in [0.25, 0.3) is 0 Å². The lowest BCUT2D eigenvalue weighted by molar-refractivity contribution is -0.116. The monoisotopic (exact) mass is 332 g/mol. The van der Waals surface area contributed by atoms with Crippen LogP contribution in [0.5, 0.6) is 0 Å². The standard InChI is InChI=1S/C15H16N4O3S/c1-2-5-13-17-18-14(23-13)16-12(20)8-9-19-10-6-3-4-7-11(10)22-15(19)21/h3-4,6-7H,2,5,8-9H2,1H3,(H,16,18,20). The van der Waals surface area contributed by atoms with Gasteiger partial charge in [0.15, 0.2) is 5.58 Å². The van der Waals surface area contributed by atoms with Crippen molar-refractivity contribution >= 4 is 33.5 Å². The highest BCUT2D eigenvalue weighted by Crippen LogP contribution is 2.17. The van der Waals surface area contributed by atoms with E-state index in [2.05, 4.69) is 22.4 Å². The second-order valence-electron chi connectivity index (χ2n) is 5.04. The molecule has 3 aromatic rings. The summed E-state index contributed by atoms with van der Waals surface area (Å²) in [5, 5.41) is 12.0. The number of oxazole rings is 1. The van der Waals surface area contributed by atoms with E-state index in [0.29, 0.717) is 16.2 Å². The Morgan fingerprint density at radius 2 is 2.17 bits per heavy atom. The van der Waals surface area contributed by atoms with Crippen LogP contribution in [0.3, 0.4) is 0 Å². The first-order chi connectivity index (χ1) is 11.2. The molecule has 1 amide bonds. The number of nitrogens with zero attached hydrogens (tertiary/aromatic N) is 3. The number of carbonyl (C=O) groups is 1. The van der Waals surface area contributed by atoms with Crippen LogP contribution in [0.1, 0.15) is 24.8 Å². The maximum Gasteiger partial charge on any atom is 0.419 e. The number of nitrogens with one attached hydrogen (secondary N) is 1. The predicted octanol–water partition coefficient (Wildman–Crippen LogP) is 2.43. The molecular formula is C15H16N4O3S. The Morgan fingerprint density at radius 3 is 3.00 bits per heavy atom. The fourth-order valence-electron chi connectivity index (χ4n) is 2.24. The zero-order valence-electron chi connectivity index (χ0n) is 12.6. The van der Waals surface area contributed by atoms with Crippen molar-refractivity contribution in [2.75, 3.05) is 5.32 Å². The van der Waals surface area contributed by atoms with Gasteiger partial charge in [-0.3, -0.25) is 9.36 Å². The Hall–Kier alpha value is -2.48. The first kappa shape index (κ1) is 15.4. The highest BCUT2D eigenvalue weighted by atomic mass is 32.1. The summed E-state index contributed by atoms with van der Waals surface area (Å²) in [6.07, 6.45) is 2.00. The van der Waals surface area contributed by atoms with Crippen molar-refractivity contribution < 1.29 is 9.21 Å². The van der Waals surface area contributed by atoms with Gasteiger partial charge in [-0.1, -0.05) is 30.4 Å². The SMILES string of the molecule is CCCc1nnc(NC(=O)CCn2c(=O)oc3ccccc32)s1. The fourth-order valence-corrected chi connectivity index (χ4v) is 3.10. The lowest BCUT2D eigenvalue weighted by atomic mass is 10.3. The van der Waals surface area contributed by atoms with E-state index >= 15 is 0 Å². The van der Waals surface area contributed by atoms with Crippen molar-refractivity contribution in [1.82, 2.24) is 14.8 Å². The molecule has 0 fully saturated rings. The maximum absolute atomic E-state index is 12.0. The largest absolute Gasteiger partial charge is 0.419 e. The van der Waals surface area contributed by atoms with E-state index in [1.807, 2.05) is 6.07 Å². The molecule has 0 atom stereocenters. The zero-order valence-corrected chi connectivity index (χ0v) is 13.4. The Balaban J connectivity index is 1.64. The number of fused-ring (bicyclic) bond motifs is 1. The second-order valence-corrected chi connectivity index (χ2v) is 6.10. The molecule has 3 rings (SSSR count). The van der Waals surface area contributed by atoms with Gasteiger partial charge < -0.3 is 9.73 Å². The molecule has 0 saturated carbocycles. The van der Waals surface area contributed by atoms with E-state index in [4.69, 9.17) is 4.42 Å². The van der Waals surface area contributed by atoms with Crippen LogP contribution in [0.15, 0.2) is 33.5 Å². The molecule has 0 saturated heterocycles. The van der Waals surface area contributed by atoms with Crippen LogP contribution in [-0.4, -0.2) is 20.7 Å². The molecule has 120 valence electrons. The summed E-state index contributed by atoms with van der Waals surface area (Å²) in [4.78, 5) is 23.8. The Labute approximate surface area is 136 Å². The van der Waals surface area contributed by atoms with Crippen LogP contribution in [0.25, 0.3) is 11.1 Å². The third-order valence-corrected chi connectivity index (χ3v) is 4.21. The van der Waals surface area contributed by atoms with Crippen molar-refractivity contribution in [3.05, 3.63) is 39.8 Å². The van der Waals surface area contributed by atoms with Crippen molar-refractivity contribution in [2.24, 2.45) is 0 Å². The van der Waals surface area contributed by atoms with Crippen molar-refractivity contribution in [3.8, 4) is 0 Å². The molecule has 0 aliphatic rings. The summed E-state index contributed by atoms with van der Waals surface area (Å²) in [6.45, 7) is 2.31. The molecule has 2 aromatic heterocycles. The summed E-state index contributed by atoms with van der Waals surface area (Å²) in [6, 6.07) is 7.14. The van der Waals surface area contributed by atoms with Crippen LogP contribution in [0.4, 0.5) is 5.13 Å². The number of anilines is 1. The Bertz CT molecular complexity index is 880. The van der Waals surface area contributed by atoms with Gasteiger partial charge in [0.2, 0.25) is 11.0 Å². The van der Waals surface area contributed by atoms with Gasteiger partial charge in [0, 0.05) is 19.4 Å². The molecule has 2 heterocycles. The molecule has 0 aliphatic heterocycles. The molecule has 0 radical (unpaired) electrons. The highest BCUT2D eigenvalue weighted by molar-refractivity contribution is 7.15. The van der Waals surface area contributed by atoms with Crippen molar-refractivity contribution in [3.63, 3.8) is 0 Å². The lowest BCUT2D eigenvalue weighted by Gasteiger charge is -2.02. The molecule has 0 unspecified atom stereocenters. The van der Waals surface area contributed by atoms with Crippen LogP contribution in [0.2, 0.25) is 0 Å². The first-order valence-corrected chi connectivity index (χ1v) is 8.19. The van der Waals surface area contributed by atoms with Gasteiger partial charge in [-0.25, -0.2) is 4.79 Å². The smallest absolute Gasteiger partial charge is 0.408 e. The van der Waals surface area contributed by atoms with Gasteiger partial charge in [0.1, 0.15) is 5.01 Å². The predicted molar refractivity (Wildman–Crippen MR) is 87.6 cm³/mol. The topological polar surface area (TPSA) is 90.0 Å². The first-order valence-electron chi connectivity index (χ1n) is 7.38. The summed E-state index contributed by atoms with van der Waals surface area (Å²) >= 11 is 1.37. The quantitative estimate of drug-likeness (QED) is 0.749. The molecular weight excluding hydrogens is 316 g/mol. The minimum atomic E-state index is -0.458. The molecule has 0 aliphatic carbocycles. The Morgan fingerprint density at radius 1 is 1.35 bits per heavy atom. The number of carbonyl (C=O) groups excluding carboxylic acids is 1. The molecule has 7 nitrogen and oxygen atoms in total. The molecule has 8 heteroatoms. The minimum absolute atomic E-state index is 0.159. The molecule has 1 N–H and O–H groups in total. The number of hydrogen-bond donors (Lipinski definition) is 1.